The molecule has 0 spiro atoms. The van der Waals surface area contributed by atoms with E-state index in [9.17, 15) is 4.79 Å². The Hall–Kier alpha value is -2.22. The molecule has 1 amide bonds. The molecule has 0 radical (unpaired) electrons. The molecule has 134 valence electrons. The molecule has 2 fully saturated rings. The van der Waals surface area contributed by atoms with E-state index in [2.05, 4.69) is 20.3 Å². The molecule has 8 nitrogen and oxygen atoms in total. The van der Waals surface area contributed by atoms with Crippen LogP contribution < -0.4 is 0 Å². The average Bonchev–Trinajstić information content (AvgIpc) is 3.36. The van der Waals surface area contributed by atoms with Crippen LogP contribution in [0.2, 0.25) is 0 Å². The summed E-state index contributed by atoms with van der Waals surface area (Å²) in [5, 5.41) is 12.1. The fourth-order valence-electron chi connectivity index (χ4n) is 4.01. The van der Waals surface area contributed by atoms with E-state index in [1.165, 1.54) is 0 Å². The Morgan fingerprint density at radius 3 is 2.72 bits per heavy atom. The Morgan fingerprint density at radius 1 is 1.28 bits per heavy atom. The van der Waals surface area contributed by atoms with Crippen LogP contribution in [0.5, 0.6) is 0 Å². The Balaban J connectivity index is 1.55. The van der Waals surface area contributed by atoms with Crippen LogP contribution in [-0.4, -0.2) is 62.0 Å². The molecule has 2 aromatic rings. The summed E-state index contributed by atoms with van der Waals surface area (Å²) >= 11 is 0. The maximum Gasteiger partial charge on any atom is 0.227 e. The fourth-order valence-corrected chi connectivity index (χ4v) is 4.01. The van der Waals surface area contributed by atoms with Gasteiger partial charge in [0.25, 0.3) is 0 Å². The van der Waals surface area contributed by atoms with Crippen molar-refractivity contribution in [1.82, 2.24) is 29.9 Å². The average molecular weight is 344 g/mol. The van der Waals surface area contributed by atoms with Crippen LogP contribution in [-0.2, 0) is 18.4 Å². The quantitative estimate of drug-likeness (QED) is 0.821. The minimum atomic E-state index is -0.0255. The van der Waals surface area contributed by atoms with Crippen molar-refractivity contribution in [2.75, 3.05) is 26.2 Å². The lowest BCUT2D eigenvalue weighted by atomic mass is 9.90. The highest BCUT2D eigenvalue weighted by molar-refractivity contribution is 5.81. The van der Waals surface area contributed by atoms with Crippen molar-refractivity contribution in [3.05, 3.63) is 29.3 Å². The molecule has 0 aliphatic carbocycles. The van der Waals surface area contributed by atoms with Crippen molar-refractivity contribution >= 4 is 5.91 Å². The third-order valence-electron chi connectivity index (χ3n) is 5.40. The second-order valence-corrected chi connectivity index (χ2v) is 7.18. The molecule has 4 rings (SSSR count). The Morgan fingerprint density at radius 2 is 2.08 bits per heavy atom. The monoisotopic (exact) mass is 344 g/mol. The van der Waals surface area contributed by atoms with Crippen LogP contribution in [0.3, 0.4) is 0 Å². The molecule has 25 heavy (non-hydrogen) atoms. The van der Waals surface area contributed by atoms with Gasteiger partial charge in [-0.2, -0.15) is 5.10 Å². The van der Waals surface area contributed by atoms with Gasteiger partial charge in [0.05, 0.1) is 12.1 Å². The van der Waals surface area contributed by atoms with Gasteiger partial charge in [-0.25, -0.2) is 4.63 Å². The number of carbonyl (C=O) groups is 1. The van der Waals surface area contributed by atoms with E-state index in [4.69, 9.17) is 4.63 Å². The molecular weight excluding hydrogens is 320 g/mol. The first-order chi connectivity index (χ1) is 12.1. The summed E-state index contributed by atoms with van der Waals surface area (Å²) < 4.78 is 6.62. The summed E-state index contributed by atoms with van der Waals surface area (Å²) in [7, 11) is 1.91. The van der Waals surface area contributed by atoms with Crippen molar-refractivity contribution in [2.45, 2.75) is 32.2 Å². The van der Waals surface area contributed by atoms with Gasteiger partial charge < -0.3 is 4.90 Å². The number of rotatable bonds is 4. The molecule has 0 bridgehead atoms. The summed E-state index contributed by atoms with van der Waals surface area (Å²) in [6.07, 6.45) is 6.15. The topological polar surface area (TPSA) is 80.3 Å². The third kappa shape index (κ3) is 3.18. The molecule has 8 heteroatoms. The lowest BCUT2D eigenvalue weighted by molar-refractivity contribution is -0.134. The third-order valence-corrected chi connectivity index (χ3v) is 5.40. The molecule has 2 aromatic heterocycles. The zero-order valence-corrected chi connectivity index (χ0v) is 14.8. The van der Waals surface area contributed by atoms with Crippen LogP contribution in [0.25, 0.3) is 0 Å². The predicted molar refractivity (Wildman–Crippen MR) is 89.6 cm³/mol. The van der Waals surface area contributed by atoms with Crippen LogP contribution in [0.1, 0.15) is 35.7 Å². The zero-order valence-electron chi connectivity index (χ0n) is 14.8. The van der Waals surface area contributed by atoms with Crippen molar-refractivity contribution < 1.29 is 9.42 Å². The van der Waals surface area contributed by atoms with Gasteiger partial charge in [0.1, 0.15) is 11.4 Å². The summed E-state index contributed by atoms with van der Waals surface area (Å²) in [5.74, 6) is 0.424. The van der Waals surface area contributed by atoms with Crippen LogP contribution in [0.4, 0.5) is 0 Å². The van der Waals surface area contributed by atoms with Crippen molar-refractivity contribution in [1.29, 1.82) is 0 Å². The zero-order chi connectivity index (χ0) is 17.4. The number of aromatic nitrogens is 4. The number of hydrogen-bond donors (Lipinski definition) is 0. The molecule has 0 saturated carbocycles. The maximum absolute atomic E-state index is 13.1. The molecule has 0 aromatic carbocycles. The lowest BCUT2D eigenvalue weighted by Crippen LogP contribution is -2.37. The van der Waals surface area contributed by atoms with Gasteiger partial charge in [-0.15, -0.1) is 0 Å². The van der Waals surface area contributed by atoms with Crippen LogP contribution >= 0.6 is 0 Å². The highest BCUT2D eigenvalue weighted by Gasteiger charge is 2.41. The highest BCUT2D eigenvalue weighted by atomic mass is 16.6. The van der Waals surface area contributed by atoms with Gasteiger partial charge in [-0.05, 0) is 25.3 Å². The number of aryl methyl sites for hydroxylation is 2. The van der Waals surface area contributed by atoms with E-state index in [0.717, 1.165) is 56.0 Å². The minimum Gasteiger partial charge on any atom is -0.342 e. The summed E-state index contributed by atoms with van der Waals surface area (Å²) in [6.45, 7) is 5.90. The van der Waals surface area contributed by atoms with Gasteiger partial charge in [0, 0.05) is 51.9 Å². The van der Waals surface area contributed by atoms with Gasteiger partial charge in [-0.1, -0.05) is 10.3 Å². The molecule has 0 unspecified atom stereocenters. The molecule has 0 N–H and O–H groups in total. The van der Waals surface area contributed by atoms with Crippen molar-refractivity contribution in [3.8, 4) is 0 Å². The number of hydrogen-bond acceptors (Lipinski definition) is 6. The second-order valence-electron chi connectivity index (χ2n) is 7.18. The number of likely N-dealkylation sites (tertiary alicyclic amines) is 2. The Kier molecular flexibility index (Phi) is 4.29. The van der Waals surface area contributed by atoms with Gasteiger partial charge in [-0.3, -0.25) is 14.4 Å². The number of nitrogens with zero attached hydrogens (tertiary/aromatic N) is 6. The van der Waals surface area contributed by atoms with Crippen molar-refractivity contribution in [3.63, 3.8) is 0 Å². The first kappa shape index (κ1) is 16.3. The van der Waals surface area contributed by atoms with E-state index in [-0.39, 0.29) is 17.7 Å². The van der Waals surface area contributed by atoms with Crippen LogP contribution in [0.15, 0.2) is 17.0 Å². The molecule has 2 atom stereocenters. The number of amides is 1. The van der Waals surface area contributed by atoms with E-state index in [0.29, 0.717) is 6.54 Å². The largest absolute Gasteiger partial charge is 0.342 e. The number of carbonyl (C=O) groups excluding carboxylic acids is 1. The molecule has 2 saturated heterocycles. The predicted octanol–water partition coefficient (Wildman–Crippen LogP) is 0.950. The van der Waals surface area contributed by atoms with E-state index in [1.54, 1.807) is 4.68 Å². The second kappa shape index (κ2) is 6.59. The summed E-state index contributed by atoms with van der Waals surface area (Å²) in [6, 6.07) is 0. The summed E-state index contributed by atoms with van der Waals surface area (Å²) in [4.78, 5) is 17.4. The van der Waals surface area contributed by atoms with E-state index in [1.807, 2.05) is 31.3 Å². The SMILES string of the molecule is Cc1nonc1CN1C[C@H](C(=O)N2CCCC2)[C@@H](c2cnn(C)c2)C1. The first-order valence-electron chi connectivity index (χ1n) is 8.89. The van der Waals surface area contributed by atoms with Gasteiger partial charge in [0.15, 0.2) is 0 Å². The molecule has 2 aliphatic heterocycles. The molecule has 4 heterocycles. The fraction of sp³-hybridized carbons (Fsp3) is 0.647. The molecule has 2 aliphatic rings. The van der Waals surface area contributed by atoms with E-state index >= 15 is 0 Å². The Bertz CT molecular complexity index is 748. The first-order valence-corrected chi connectivity index (χ1v) is 8.89. The van der Waals surface area contributed by atoms with Crippen molar-refractivity contribution in [2.24, 2.45) is 13.0 Å². The summed E-state index contributed by atoms with van der Waals surface area (Å²) in [5.41, 5.74) is 2.80. The van der Waals surface area contributed by atoms with Crippen LogP contribution in [0, 0.1) is 12.8 Å². The smallest absolute Gasteiger partial charge is 0.227 e. The Labute approximate surface area is 146 Å². The van der Waals surface area contributed by atoms with E-state index < -0.39 is 0 Å². The van der Waals surface area contributed by atoms with Gasteiger partial charge >= 0.3 is 0 Å². The normalized spacial score (nSPS) is 24.3. The maximum atomic E-state index is 13.1. The van der Waals surface area contributed by atoms with Gasteiger partial charge in [0.2, 0.25) is 5.91 Å². The highest BCUT2D eigenvalue weighted by Crippen LogP contribution is 2.35. The lowest BCUT2D eigenvalue weighted by Gasteiger charge is -2.23. The standard InChI is InChI=1S/C17H24N6O2/c1-12-16(20-25-19-12)11-22-9-14(13-7-18-21(2)8-13)15(10-22)17(24)23-5-3-4-6-23/h7-8,14-15H,3-6,9-11H2,1-2H3/t14-,15+/m1/s1. The minimum absolute atomic E-state index is 0.0255. The molecular formula is C17H24N6O2.